The van der Waals surface area contributed by atoms with Gasteiger partial charge in [0.15, 0.2) is 0 Å². The molecule has 1 unspecified atom stereocenters. The molecule has 1 saturated heterocycles. The molecule has 0 spiro atoms. The Labute approximate surface area is 114 Å². The van der Waals surface area contributed by atoms with Gasteiger partial charge >= 0.3 is 0 Å². The van der Waals surface area contributed by atoms with Gasteiger partial charge in [-0.15, -0.1) is 0 Å². The fourth-order valence-corrected chi connectivity index (χ4v) is 3.56. The number of rotatable bonds is 4. The van der Waals surface area contributed by atoms with Crippen molar-refractivity contribution >= 4 is 23.4 Å². The number of thioether (sulfide) groups is 1. The maximum Gasteiger partial charge on any atom is 0.137 e. The van der Waals surface area contributed by atoms with Gasteiger partial charge in [0, 0.05) is 36.7 Å². The first-order valence-corrected chi connectivity index (χ1v) is 7.73. The molecule has 1 aromatic rings. The van der Waals surface area contributed by atoms with Crippen molar-refractivity contribution in [2.75, 3.05) is 36.1 Å². The van der Waals surface area contributed by atoms with Crippen LogP contribution in [-0.4, -0.2) is 41.1 Å². The van der Waals surface area contributed by atoms with Crippen LogP contribution in [0.5, 0.6) is 0 Å². The molecule has 4 nitrogen and oxygen atoms in total. The summed E-state index contributed by atoms with van der Waals surface area (Å²) in [6, 6.07) is 0. The molecule has 1 aliphatic rings. The minimum absolute atomic E-state index is 0.733. The monoisotopic (exact) mass is 266 g/mol. The Hall–Kier alpha value is -0.970. The lowest BCUT2D eigenvalue weighted by Gasteiger charge is -2.34. The summed E-state index contributed by atoms with van der Waals surface area (Å²) in [6.07, 6.45) is 3.86. The summed E-state index contributed by atoms with van der Waals surface area (Å²) >= 11 is 2.08. The zero-order valence-electron chi connectivity index (χ0n) is 11.4. The highest BCUT2D eigenvalue weighted by Gasteiger charge is 2.22. The topological polar surface area (TPSA) is 41.1 Å². The van der Waals surface area contributed by atoms with Crippen molar-refractivity contribution in [2.45, 2.75) is 31.9 Å². The van der Waals surface area contributed by atoms with Crippen molar-refractivity contribution in [2.24, 2.45) is 0 Å². The van der Waals surface area contributed by atoms with E-state index < -0.39 is 0 Å². The molecule has 0 aliphatic carbocycles. The first kappa shape index (κ1) is 13.5. The van der Waals surface area contributed by atoms with Crippen molar-refractivity contribution in [3.8, 4) is 0 Å². The molecule has 0 radical (unpaired) electrons. The van der Waals surface area contributed by atoms with Crippen LogP contribution in [0.4, 0.5) is 11.6 Å². The Balaban J connectivity index is 2.26. The molecule has 5 heteroatoms. The van der Waals surface area contributed by atoms with Gasteiger partial charge in [0.2, 0.25) is 0 Å². The zero-order valence-corrected chi connectivity index (χ0v) is 12.3. The van der Waals surface area contributed by atoms with Crippen molar-refractivity contribution in [3.63, 3.8) is 0 Å². The van der Waals surface area contributed by atoms with E-state index in [1.165, 1.54) is 17.7 Å². The molecule has 1 aliphatic heterocycles. The second kappa shape index (κ2) is 6.27. The molecule has 2 rings (SSSR count). The predicted octanol–water partition coefficient (Wildman–Crippen LogP) is 2.41. The van der Waals surface area contributed by atoms with Crippen LogP contribution in [0.3, 0.4) is 0 Å². The van der Waals surface area contributed by atoms with Crippen molar-refractivity contribution in [3.05, 3.63) is 11.9 Å². The first-order valence-electron chi connectivity index (χ1n) is 6.68. The molecular weight excluding hydrogens is 244 g/mol. The van der Waals surface area contributed by atoms with E-state index in [9.17, 15) is 0 Å². The van der Waals surface area contributed by atoms with E-state index in [-0.39, 0.29) is 0 Å². The SMILES string of the molecule is CCc1c(NC)ncnc1N1CCSC(CC)C1. The molecule has 1 aromatic heterocycles. The Morgan fingerprint density at radius 1 is 1.44 bits per heavy atom. The summed E-state index contributed by atoms with van der Waals surface area (Å²) in [5.41, 5.74) is 1.24. The highest BCUT2D eigenvalue weighted by molar-refractivity contribution is 8.00. The maximum atomic E-state index is 4.52. The van der Waals surface area contributed by atoms with E-state index in [0.29, 0.717) is 0 Å². The van der Waals surface area contributed by atoms with Crippen LogP contribution in [0.15, 0.2) is 6.33 Å². The van der Waals surface area contributed by atoms with E-state index in [2.05, 4.69) is 45.8 Å². The Morgan fingerprint density at radius 3 is 2.94 bits per heavy atom. The maximum absolute atomic E-state index is 4.52. The molecule has 1 N–H and O–H groups in total. The van der Waals surface area contributed by atoms with Gasteiger partial charge in [-0.3, -0.25) is 0 Å². The number of aromatic nitrogens is 2. The lowest BCUT2D eigenvalue weighted by Crippen LogP contribution is -2.38. The smallest absolute Gasteiger partial charge is 0.137 e. The molecular formula is C13H22N4S. The van der Waals surface area contributed by atoms with Crippen LogP contribution in [0.1, 0.15) is 25.8 Å². The number of anilines is 2. The normalized spacial score (nSPS) is 19.9. The van der Waals surface area contributed by atoms with Crippen LogP contribution in [0.25, 0.3) is 0 Å². The van der Waals surface area contributed by atoms with Crippen LogP contribution >= 0.6 is 11.8 Å². The van der Waals surface area contributed by atoms with E-state index in [1.54, 1.807) is 6.33 Å². The molecule has 1 atom stereocenters. The third-order valence-electron chi connectivity index (χ3n) is 3.41. The molecule has 0 bridgehead atoms. The minimum atomic E-state index is 0.733. The van der Waals surface area contributed by atoms with Gasteiger partial charge in [-0.25, -0.2) is 9.97 Å². The fourth-order valence-electron chi connectivity index (χ4n) is 2.38. The first-order chi connectivity index (χ1) is 8.80. The molecule has 2 heterocycles. The van der Waals surface area contributed by atoms with Crippen LogP contribution in [0, 0.1) is 0 Å². The van der Waals surface area contributed by atoms with Gasteiger partial charge in [-0.05, 0) is 12.8 Å². The lowest BCUT2D eigenvalue weighted by atomic mass is 10.2. The lowest BCUT2D eigenvalue weighted by molar-refractivity contribution is 0.714. The summed E-state index contributed by atoms with van der Waals surface area (Å²) in [5, 5.41) is 3.90. The summed E-state index contributed by atoms with van der Waals surface area (Å²) in [5.74, 6) is 3.28. The number of nitrogens with zero attached hydrogens (tertiary/aromatic N) is 3. The van der Waals surface area contributed by atoms with Gasteiger partial charge in [-0.1, -0.05) is 13.8 Å². The van der Waals surface area contributed by atoms with Gasteiger partial charge in [0.05, 0.1) is 0 Å². The van der Waals surface area contributed by atoms with Gasteiger partial charge < -0.3 is 10.2 Å². The van der Waals surface area contributed by atoms with Gasteiger partial charge in [0.1, 0.15) is 18.0 Å². The zero-order chi connectivity index (χ0) is 13.0. The average Bonchev–Trinajstić information content (AvgIpc) is 2.46. The third kappa shape index (κ3) is 2.71. The molecule has 0 amide bonds. The Kier molecular flexibility index (Phi) is 4.69. The average molecular weight is 266 g/mol. The van der Waals surface area contributed by atoms with Crippen LogP contribution in [0.2, 0.25) is 0 Å². The summed E-state index contributed by atoms with van der Waals surface area (Å²) in [7, 11) is 1.92. The molecule has 0 aromatic carbocycles. The van der Waals surface area contributed by atoms with E-state index in [4.69, 9.17) is 0 Å². The highest BCUT2D eigenvalue weighted by atomic mass is 32.2. The quantitative estimate of drug-likeness (QED) is 0.906. The van der Waals surface area contributed by atoms with Gasteiger partial charge in [-0.2, -0.15) is 11.8 Å². The summed E-state index contributed by atoms with van der Waals surface area (Å²) in [4.78, 5) is 11.2. The number of hydrogen-bond donors (Lipinski definition) is 1. The van der Waals surface area contributed by atoms with Crippen molar-refractivity contribution in [1.82, 2.24) is 9.97 Å². The van der Waals surface area contributed by atoms with Gasteiger partial charge in [0.25, 0.3) is 0 Å². The number of hydrogen-bond acceptors (Lipinski definition) is 5. The van der Waals surface area contributed by atoms with Crippen molar-refractivity contribution < 1.29 is 0 Å². The molecule has 18 heavy (non-hydrogen) atoms. The third-order valence-corrected chi connectivity index (χ3v) is 4.78. The fraction of sp³-hybridized carbons (Fsp3) is 0.692. The van der Waals surface area contributed by atoms with Crippen LogP contribution in [-0.2, 0) is 6.42 Å². The van der Waals surface area contributed by atoms with E-state index >= 15 is 0 Å². The summed E-state index contributed by atoms with van der Waals surface area (Å²) in [6.45, 7) is 6.63. The highest BCUT2D eigenvalue weighted by Crippen LogP contribution is 2.29. The predicted molar refractivity (Wildman–Crippen MR) is 79.7 cm³/mol. The number of nitrogens with one attached hydrogen (secondary N) is 1. The largest absolute Gasteiger partial charge is 0.373 e. The standard InChI is InChI=1S/C13H22N4S/c1-4-10-8-17(6-7-18-10)13-11(5-2)12(14-3)15-9-16-13/h9-10H,4-8H2,1-3H3,(H,14,15,16). The Bertz CT molecular complexity index is 397. The second-order valence-electron chi connectivity index (χ2n) is 4.48. The van der Waals surface area contributed by atoms with Crippen LogP contribution < -0.4 is 10.2 Å². The van der Waals surface area contributed by atoms with E-state index in [1.807, 2.05) is 7.05 Å². The molecule has 100 valence electrons. The second-order valence-corrected chi connectivity index (χ2v) is 5.88. The van der Waals surface area contributed by atoms with E-state index in [0.717, 1.165) is 36.4 Å². The molecule has 1 fully saturated rings. The Morgan fingerprint density at radius 2 is 2.28 bits per heavy atom. The summed E-state index contributed by atoms with van der Waals surface area (Å²) < 4.78 is 0. The molecule has 0 saturated carbocycles. The van der Waals surface area contributed by atoms with Crippen molar-refractivity contribution in [1.29, 1.82) is 0 Å². The minimum Gasteiger partial charge on any atom is -0.373 e.